The Kier molecular flexibility index (Phi) is 8.73. The van der Waals surface area contributed by atoms with Crippen molar-refractivity contribution in [2.45, 2.75) is 37.4 Å². The fourth-order valence-electron chi connectivity index (χ4n) is 6.61. The van der Waals surface area contributed by atoms with Gasteiger partial charge in [0.25, 0.3) is 0 Å². The molecule has 46 heavy (non-hydrogen) atoms. The summed E-state index contributed by atoms with van der Waals surface area (Å²) in [4.78, 5) is 32.2. The number of hydrogen-bond acceptors (Lipinski definition) is 11. The van der Waals surface area contributed by atoms with Crippen LogP contribution in [0, 0.1) is 23.0 Å². The SMILES string of the molecule is C=CC(=O)N1CCC(N(C)c2nc(OCC3CCCN3C)nc3c(F)c(-c4ccc(F)c5sc(N)c(C#N)c45)ncc23)C1COC. The summed E-state index contributed by atoms with van der Waals surface area (Å²) >= 11 is 0.927. The van der Waals surface area contributed by atoms with Crippen molar-refractivity contribution in [1.82, 2.24) is 24.8 Å². The predicted octanol–water partition coefficient (Wildman–Crippen LogP) is 4.35. The number of benzene rings is 1. The molecule has 0 saturated carbocycles. The molecule has 0 bridgehead atoms. The van der Waals surface area contributed by atoms with Crippen LogP contribution in [-0.2, 0) is 9.53 Å². The molecule has 2 fully saturated rings. The average molecular weight is 649 g/mol. The molecule has 0 radical (unpaired) electrons. The van der Waals surface area contributed by atoms with Crippen LogP contribution in [0.25, 0.3) is 32.2 Å². The molecular weight excluding hydrogens is 614 g/mol. The number of halogens is 2. The number of pyridine rings is 1. The molecule has 0 aliphatic carbocycles. The van der Waals surface area contributed by atoms with Crippen molar-refractivity contribution in [3.63, 3.8) is 0 Å². The van der Waals surface area contributed by atoms with Crippen LogP contribution in [0.4, 0.5) is 19.6 Å². The van der Waals surface area contributed by atoms with E-state index in [1.165, 1.54) is 24.4 Å². The third-order valence-corrected chi connectivity index (χ3v) is 10.1. The molecule has 1 aromatic carbocycles. The van der Waals surface area contributed by atoms with E-state index in [1.54, 1.807) is 12.0 Å². The molecule has 14 heteroatoms. The normalized spacial score (nSPS) is 20.0. The smallest absolute Gasteiger partial charge is 0.319 e. The van der Waals surface area contributed by atoms with Gasteiger partial charge in [-0.05, 0) is 51.1 Å². The predicted molar refractivity (Wildman–Crippen MR) is 173 cm³/mol. The zero-order chi connectivity index (χ0) is 32.7. The van der Waals surface area contributed by atoms with E-state index in [4.69, 9.17) is 20.2 Å². The van der Waals surface area contributed by atoms with Gasteiger partial charge in [0.15, 0.2) is 5.82 Å². The van der Waals surface area contributed by atoms with E-state index in [0.29, 0.717) is 30.8 Å². The van der Waals surface area contributed by atoms with Crippen molar-refractivity contribution in [1.29, 1.82) is 5.26 Å². The lowest BCUT2D eigenvalue weighted by molar-refractivity contribution is -0.127. The number of hydrogen-bond donors (Lipinski definition) is 1. The first kappa shape index (κ1) is 31.5. The van der Waals surface area contributed by atoms with Gasteiger partial charge in [0.05, 0.1) is 34.3 Å². The molecule has 5 heterocycles. The van der Waals surface area contributed by atoms with E-state index in [9.17, 15) is 14.4 Å². The number of nitrogen functional groups attached to an aromatic ring is 1. The lowest BCUT2D eigenvalue weighted by Gasteiger charge is -2.33. The molecule has 2 aliphatic rings. The summed E-state index contributed by atoms with van der Waals surface area (Å²) in [5.74, 6) is -1.17. The van der Waals surface area contributed by atoms with Crippen LogP contribution in [0.3, 0.4) is 0 Å². The topological polar surface area (TPSA) is 134 Å². The maximum absolute atomic E-state index is 16.7. The van der Waals surface area contributed by atoms with Gasteiger partial charge in [-0.15, -0.1) is 11.3 Å². The van der Waals surface area contributed by atoms with E-state index >= 15 is 4.39 Å². The Hall–Kier alpha value is -4.45. The third-order valence-electron chi connectivity index (χ3n) is 9.04. The largest absolute Gasteiger partial charge is 0.462 e. The van der Waals surface area contributed by atoms with Crippen molar-refractivity contribution in [3.05, 3.63) is 48.2 Å². The van der Waals surface area contributed by atoms with E-state index in [1.807, 2.05) is 25.1 Å². The van der Waals surface area contributed by atoms with E-state index in [2.05, 4.69) is 21.4 Å². The molecule has 2 saturated heterocycles. The molecule has 4 aromatic rings. The Balaban J connectivity index is 1.49. The van der Waals surface area contributed by atoms with Crippen LogP contribution in [-0.4, -0.2) is 96.3 Å². The lowest BCUT2D eigenvalue weighted by atomic mass is 10.0. The quantitative estimate of drug-likeness (QED) is 0.261. The van der Waals surface area contributed by atoms with Gasteiger partial charge < -0.3 is 29.9 Å². The molecule has 3 unspecified atom stereocenters. The summed E-state index contributed by atoms with van der Waals surface area (Å²) < 4.78 is 43.2. The summed E-state index contributed by atoms with van der Waals surface area (Å²) in [6.07, 6.45) is 5.36. The fourth-order valence-corrected chi connectivity index (χ4v) is 7.56. The lowest BCUT2D eigenvalue weighted by Crippen LogP contribution is -2.48. The fraction of sp³-hybridized carbons (Fsp3) is 0.406. The number of thiophene rings is 1. The minimum absolute atomic E-state index is 0.00671. The van der Waals surface area contributed by atoms with Crippen LogP contribution in [0.15, 0.2) is 31.0 Å². The van der Waals surface area contributed by atoms with Gasteiger partial charge in [-0.2, -0.15) is 15.2 Å². The van der Waals surface area contributed by atoms with Gasteiger partial charge in [0.2, 0.25) is 5.91 Å². The summed E-state index contributed by atoms with van der Waals surface area (Å²) in [7, 11) is 5.43. The van der Waals surface area contributed by atoms with Gasteiger partial charge in [0.1, 0.15) is 40.5 Å². The highest BCUT2D eigenvalue weighted by Gasteiger charge is 2.40. The monoisotopic (exact) mass is 648 g/mol. The van der Waals surface area contributed by atoms with Gasteiger partial charge in [0, 0.05) is 43.9 Å². The molecule has 3 aromatic heterocycles. The van der Waals surface area contributed by atoms with Crippen LogP contribution in [0.1, 0.15) is 24.8 Å². The molecule has 3 atom stereocenters. The van der Waals surface area contributed by atoms with Crippen molar-refractivity contribution < 1.29 is 23.0 Å². The third kappa shape index (κ3) is 5.38. The number of fused-ring (bicyclic) bond motifs is 2. The number of carbonyl (C=O) groups is 1. The minimum atomic E-state index is -0.776. The van der Waals surface area contributed by atoms with E-state index in [-0.39, 0.29) is 74.1 Å². The summed E-state index contributed by atoms with van der Waals surface area (Å²) in [5, 5.41) is 10.5. The second-order valence-corrected chi connectivity index (χ2v) is 12.6. The van der Waals surface area contributed by atoms with Crippen molar-refractivity contribution in [2.75, 3.05) is 58.1 Å². The first-order valence-electron chi connectivity index (χ1n) is 14.9. The van der Waals surface area contributed by atoms with Gasteiger partial charge in [-0.3, -0.25) is 9.78 Å². The number of amides is 1. The van der Waals surface area contributed by atoms with Gasteiger partial charge in [-0.1, -0.05) is 6.58 Å². The molecule has 11 nitrogen and oxygen atoms in total. The number of likely N-dealkylation sites (tertiary alicyclic amines) is 2. The first-order chi connectivity index (χ1) is 22.2. The first-order valence-corrected chi connectivity index (χ1v) is 15.7. The highest BCUT2D eigenvalue weighted by atomic mass is 32.1. The Morgan fingerprint density at radius 2 is 2.09 bits per heavy atom. The highest BCUT2D eigenvalue weighted by molar-refractivity contribution is 7.23. The second-order valence-electron chi connectivity index (χ2n) is 11.6. The van der Waals surface area contributed by atoms with Crippen molar-refractivity contribution in [3.8, 4) is 23.3 Å². The maximum Gasteiger partial charge on any atom is 0.319 e. The molecule has 6 rings (SSSR count). The number of likely N-dealkylation sites (N-methyl/N-ethyl adjacent to an activating group) is 2. The Labute approximate surface area is 268 Å². The average Bonchev–Trinajstić information content (AvgIpc) is 3.76. The standard InChI is InChI=1S/C32H34F2N8O3S/c1-5-24(43)42-12-10-22(23(42)16-44-4)41(3)31-20-14-37-27(18-8-9-21(33)29-25(18)19(13-35)30(36)46-29)26(34)28(20)38-32(39-31)45-15-17-7-6-11-40(17)2/h5,8-9,14,17,22-23H,1,6-7,10-12,15-16,36H2,2-4H3. The zero-order valence-corrected chi connectivity index (χ0v) is 26.6. The Morgan fingerprint density at radius 3 is 2.78 bits per heavy atom. The number of anilines is 2. The van der Waals surface area contributed by atoms with Crippen LogP contribution in [0.2, 0.25) is 0 Å². The molecule has 2 N–H and O–H groups in total. The number of rotatable bonds is 9. The molecule has 2 aliphatic heterocycles. The molecule has 0 spiro atoms. The molecule has 240 valence electrons. The zero-order valence-electron chi connectivity index (χ0n) is 25.8. The van der Waals surface area contributed by atoms with Gasteiger partial charge in [-0.25, -0.2) is 8.78 Å². The number of aromatic nitrogens is 3. The van der Waals surface area contributed by atoms with Crippen LogP contribution < -0.4 is 15.4 Å². The number of carbonyl (C=O) groups excluding carboxylic acids is 1. The van der Waals surface area contributed by atoms with Crippen LogP contribution >= 0.6 is 11.3 Å². The Morgan fingerprint density at radius 1 is 1.28 bits per heavy atom. The van der Waals surface area contributed by atoms with Crippen molar-refractivity contribution >= 4 is 49.1 Å². The van der Waals surface area contributed by atoms with E-state index in [0.717, 1.165) is 30.7 Å². The number of nitrogens with two attached hydrogens (primary N) is 1. The van der Waals surface area contributed by atoms with Crippen LogP contribution in [0.5, 0.6) is 6.01 Å². The van der Waals surface area contributed by atoms with E-state index < -0.39 is 11.6 Å². The Bertz CT molecular complexity index is 1880. The maximum atomic E-state index is 16.7. The second kappa shape index (κ2) is 12.7. The molecular formula is C32H34F2N8O3S. The number of methoxy groups -OCH3 is 1. The van der Waals surface area contributed by atoms with Crippen molar-refractivity contribution in [2.24, 2.45) is 0 Å². The highest BCUT2D eigenvalue weighted by Crippen LogP contribution is 2.42. The molecule has 1 amide bonds. The minimum Gasteiger partial charge on any atom is -0.462 e. The number of nitriles is 1. The summed E-state index contributed by atoms with van der Waals surface area (Å²) in [6, 6.07) is 4.22. The number of nitrogens with zero attached hydrogens (tertiary/aromatic N) is 7. The summed E-state index contributed by atoms with van der Waals surface area (Å²) in [6.45, 7) is 5.67. The van der Waals surface area contributed by atoms with Gasteiger partial charge >= 0.3 is 6.01 Å². The summed E-state index contributed by atoms with van der Waals surface area (Å²) in [5.41, 5.74) is 6.16. The number of ether oxygens (including phenoxy) is 2.